The van der Waals surface area contributed by atoms with Crippen molar-refractivity contribution < 1.29 is 0 Å². The maximum Gasteiger partial charge on any atom is -0.0147 e. The highest BCUT2D eigenvalue weighted by atomic mass is 14.1. The molecule has 0 amide bonds. The zero-order chi connectivity index (χ0) is 10.1. The first-order valence-electron chi connectivity index (χ1n) is 5.18. The molecule has 0 nitrogen and oxygen atoms in total. The average molecular weight is 184 g/mol. The SMILES string of the molecule is Cc1cccc2c(C(C)C)cccc12. The van der Waals surface area contributed by atoms with E-state index in [0.29, 0.717) is 5.92 Å². The van der Waals surface area contributed by atoms with Crippen LogP contribution in [-0.4, -0.2) is 0 Å². The number of aryl methyl sites for hydroxylation is 1. The van der Waals surface area contributed by atoms with Crippen LogP contribution in [-0.2, 0) is 0 Å². The van der Waals surface area contributed by atoms with E-state index in [0.717, 1.165) is 0 Å². The summed E-state index contributed by atoms with van der Waals surface area (Å²) in [6, 6.07) is 13.1. The van der Waals surface area contributed by atoms with Crippen molar-refractivity contribution in [3.8, 4) is 0 Å². The van der Waals surface area contributed by atoms with E-state index in [-0.39, 0.29) is 0 Å². The Hall–Kier alpha value is -1.30. The molecule has 72 valence electrons. The van der Waals surface area contributed by atoms with Crippen molar-refractivity contribution >= 4 is 10.8 Å². The predicted molar refractivity (Wildman–Crippen MR) is 62.8 cm³/mol. The lowest BCUT2D eigenvalue weighted by Gasteiger charge is -2.10. The summed E-state index contributed by atoms with van der Waals surface area (Å²) in [6.45, 7) is 6.67. The Labute approximate surface area is 85.6 Å². The van der Waals surface area contributed by atoms with Gasteiger partial charge in [0, 0.05) is 0 Å². The Morgan fingerprint density at radius 2 is 1.50 bits per heavy atom. The van der Waals surface area contributed by atoms with Gasteiger partial charge >= 0.3 is 0 Å². The molecule has 0 aliphatic carbocycles. The summed E-state index contributed by atoms with van der Waals surface area (Å²) in [5, 5.41) is 2.79. The lowest BCUT2D eigenvalue weighted by molar-refractivity contribution is 0.876. The smallest absolute Gasteiger partial charge is 0.0147 e. The maximum atomic E-state index is 2.25. The van der Waals surface area contributed by atoms with Crippen LogP contribution >= 0.6 is 0 Å². The molecular formula is C14H16. The van der Waals surface area contributed by atoms with Crippen molar-refractivity contribution in [2.75, 3.05) is 0 Å². The molecule has 0 aliphatic heterocycles. The molecule has 0 fully saturated rings. The van der Waals surface area contributed by atoms with Gasteiger partial charge in [0.1, 0.15) is 0 Å². The van der Waals surface area contributed by atoms with Gasteiger partial charge < -0.3 is 0 Å². The minimum atomic E-state index is 0.598. The predicted octanol–water partition coefficient (Wildman–Crippen LogP) is 4.27. The zero-order valence-electron chi connectivity index (χ0n) is 9.04. The minimum Gasteiger partial charge on any atom is -0.0614 e. The molecular weight excluding hydrogens is 168 g/mol. The first kappa shape index (κ1) is 9.26. The lowest BCUT2D eigenvalue weighted by atomic mass is 9.94. The third-order valence-corrected chi connectivity index (χ3v) is 2.80. The molecule has 0 atom stereocenters. The summed E-state index contributed by atoms with van der Waals surface area (Å²) in [4.78, 5) is 0. The zero-order valence-corrected chi connectivity index (χ0v) is 9.04. The van der Waals surface area contributed by atoms with Crippen LogP contribution in [0.1, 0.15) is 30.9 Å². The van der Waals surface area contributed by atoms with E-state index < -0.39 is 0 Å². The second kappa shape index (κ2) is 3.45. The van der Waals surface area contributed by atoms with Crippen LogP contribution in [0.15, 0.2) is 36.4 Å². The minimum absolute atomic E-state index is 0.598. The Balaban J connectivity index is 2.81. The molecule has 0 heterocycles. The molecule has 2 rings (SSSR count). The topological polar surface area (TPSA) is 0 Å². The second-order valence-corrected chi connectivity index (χ2v) is 4.17. The summed E-state index contributed by atoms with van der Waals surface area (Å²) >= 11 is 0. The van der Waals surface area contributed by atoms with Crippen LogP contribution in [0, 0.1) is 6.92 Å². The van der Waals surface area contributed by atoms with Crippen molar-refractivity contribution in [1.29, 1.82) is 0 Å². The normalized spacial score (nSPS) is 11.1. The van der Waals surface area contributed by atoms with E-state index in [1.54, 1.807) is 0 Å². The Bertz CT molecular complexity index is 453. The largest absolute Gasteiger partial charge is 0.0614 e. The molecule has 0 saturated heterocycles. The number of hydrogen-bond acceptors (Lipinski definition) is 0. The fraction of sp³-hybridized carbons (Fsp3) is 0.286. The standard InChI is InChI=1S/C14H16/c1-10(2)12-7-5-8-13-11(3)6-4-9-14(12)13/h4-10H,1-3H3. The van der Waals surface area contributed by atoms with Crippen LogP contribution in [0.25, 0.3) is 10.8 Å². The van der Waals surface area contributed by atoms with Gasteiger partial charge in [-0.15, -0.1) is 0 Å². The van der Waals surface area contributed by atoms with Gasteiger partial charge in [-0.3, -0.25) is 0 Å². The summed E-state index contributed by atoms with van der Waals surface area (Å²) in [6.07, 6.45) is 0. The Kier molecular flexibility index (Phi) is 2.28. The van der Waals surface area contributed by atoms with Crippen molar-refractivity contribution in [2.24, 2.45) is 0 Å². The first-order chi connectivity index (χ1) is 6.70. The highest BCUT2D eigenvalue weighted by Crippen LogP contribution is 2.26. The van der Waals surface area contributed by atoms with Crippen molar-refractivity contribution in [3.63, 3.8) is 0 Å². The highest BCUT2D eigenvalue weighted by Gasteiger charge is 2.04. The molecule has 0 radical (unpaired) electrons. The molecule has 0 aliphatic rings. The van der Waals surface area contributed by atoms with E-state index in [2.05, 4.69) is 57.2 Å². The average Bonchev–Trinajstić information content (AvgIpc) is 2.17. The third kappa shape index (κ3) is 1.41. The quantitative estimate of drug-likeness (QED) is 0.620. The molecule has 0 saturated carbocycles. The van der Waals surface area contributed by atoms with Crippen molar-refractivity contribution in [3.05, 3.63) is 47.5 Å². The van der Waals surface area contributed by atoms with E-state index in [1.807, 2.05) is 0 Å². The Morgan fingerprint density at radius 1 is 0.857 bits per heavy atom. The van der Waals surface area contributed by atoms with E-state index in [1.165, 1.54) is 21.9 Å². The molecule has 2 aromatic rings. The molecule has 0 aromatic heterocycles. The van der Waals surface area contributed by atoms with E-state index in [4.69, 9.17) is 0 Å². The highest BCUT2D eigenvalue weighted by molar-refractivity contribution is 5.88. The van der Waals surface area contributed by atoms with Crippen molar-refractivity contribution in [2.45, 2.75) is 26.7 Å². The van der Waals surface area contributed by atoms with Gasteiger partial charge in [-0.05, 0) is 34.7 Å². The van der Waals surface area contributed by atoms with Crippen molar-refractivity contribution in [1.82, 2.24) is 0 Å². The summed E-state index contributed by atoms with van der Waals surface area (Å²) in [5.74, 6) is 0.598. The van der Waals surface area contributed by atoms with Crippen LogP contribution in [0.4, 0.5) is 0 Å². The van der Waals surface area contributed by atoms with Gasteiger partial charge in [0.2, 0.25) is 0 Å². The van der Waals surface area contributed by atoms with Gasteiger partial charge in [-0.25, -0.2) is 0 Å². The number of hydrogen-bond donors (Lipinski definition) is 0. The fourth-order valence-electron chi connectivity index (χ4n) is 1.99. The van der Waals surface area contributed by atoms with Crippen LogP contribution in [0.3, 0.4) is 0 Å². The fourth-order valence-corrected chi connectivity index (χ4v) is 1.99. The maximum absolute atomic E-state index is 2.25. The lowest BCUT2D eigenvalue weighted by Crippen LogP contribution is -1.89. The molecule has 0 heteroatoms. The second-order valence-electron chi connectivity index (χ2n) is 4.17. The molecule has 0 bridgehead atoms. The van der Waals surface area contributed by atoms with E-state index in [9.17, 15) is 0 Å². The summed E-state index contributed by atoms with van der Waals surface area (Å²) < 4.78 is 0. The number of benzene rings is 2. The van der Waals surface area contributed by atoms with Gasteiger partial charge in [-0.1, -0.05) is 50.2 Å². The van der Waals surface area contributed by atoms with Gasteiger partial charge in [0.05, 0.1) is 0 Å². The van der Waals surface area contributed by atoms with Crippen LogP contribution < -0.4 is 0 Å². The summed E-state index contributed by atoms with van der Waals surface area (Å²) in [5.41, 5.74) is 2.82. The molecule has 2 aromatic carbocycles. The van der Waals surface area contributed by atoms with E-state index >= 15 is 0 Å². The first-order valence-corrected chi connectivity index (χ1v) is 5.18. The number of fused-ring (bicyclic) bond motifs is 1. The van der Waals surface area contributed by atoms with Crippen LogP contribution in [0.2, 0.25) is 0 Å². The molecule has 0 spiro atoms. The van der Waals surface area contributed by atoms with Gasteiger partial charge in [-0.2, -0.15) is 0 Å². The Morgan fingerprint density at radius 3 is 2.21 bits per heavy atom. The molecule has 0 N–H and O–H groups in total. The monoisotopic (exact) mass is 184 g/mol. The van der Waals surface area contributed by atoms with Gasteiger partial charge in [0.15, 0.2) is 0 Å². The van der Waals surface area contributed by atoms with Gasteiger partial charge in [0.25, 0.3) is 0 Å². The molecule has 14 heavy (non-hydrogen) atoms. The van der Waals surface area contributed by atoms with Crippen LogP contribution in [0.5, 0.6) is 0 Å². The third-order valence-electron chi connectivity index (χ3n) is 2.80. The summed E-state index contributed by atoms with van der Waals surface area (Å²) in [7, 11) is 0. The number of rotatable bonds is 1. The molecule has 0 unspecified atom stereocenters.